The molecule has 3 aromatic rings. The Kier molecular flexibility index (Phi) is 7.49. The van der Waals surface area contributed by atoms with Gasteiger partial charge in [0, 0.05) is 18.4 Å². The summed E-state index contributed by atoms with van der Waals surface area (Å²) in [6.45, 7) is 4.40. The number of ether oxygens (including phenoxy) is 1. The molecule has 4 rings (SSSR count). The van der Waals surface area contributed by atoms with Crippen molar-refractivity contribution in [3.05, 3.63) is 52.4 Å². The zero-order valence-electron chi connectivity index (χ0n) is 20.5. The van der Waals surface area contributed by atoms with Gasteiger partial charge in [-0.2, -0.15) is 13.4 Å². The number of benzene rings is 2. The fourth-order valence-corrected chi connectivity index (χ4v) is 5.95. The largest absolute Gasteiger partial charge is 0.495 e. The van der Waals surface area contributed by atoms with Gasteiger partial charge in [-0.1, -0.05) is 11.6 Å². The van der Waals surface area contributed by atoms with E-state index < -0.39 is 28.1 Å². The Labute approximate surface area is 218 Å². The summed E-state index contributed by atoms with van der Waals surface area (Å²) in [5.41, 5.74) is 2.88. The highest BCUT2D eigenvalue weighted by molar-refractivity contribution is 7.86. The monoisotopic (exact) mass is 571 g/mol. The van der Waals surface area contributed by atoms with Gasteiger partial charge < -0.3 is 24.8 Å². The van der Waals surface area contributed by atoms with E-state index in [9.17, 15) is 21.3 Å². The molecule has 9 nitrogen and oxygen atoms in total. The van der Waals surface area contributed by atoms with Crippen LogP contribution in [0.1, 0.15) is 11.1 Å². The van der Waals surface area contributed by atoms with Gasteiger partial charge in [-0.3, -0.25) is 0 Å². The predicted molar refractivity (Wildman–Crippen MR) is 140 cm³/mol. The van der Waals surface area contributed by atoms with E-state index in [0.717, 1.165) is 37.2 Å². The van der Waals surface area contributed by atoms with Gasteiger partial charge in [-0.05, 0) is 62.2 Å². The molecule has 0 saturated heterocycles. The van der Waals surface area contributed by atoms with E-state index in [4.69, 9.17) is 16.3 Å². The number of nitrogens with zero attached hydrogens (tertiary/aromatic N) is 3. The van der Waals surface area contributed by atoms with Crippen LogP contribution in [-0.4, -0.2) is 57.3 Å². The van der Waals surface area contributed by atoms with Crippen molar-refractivity contribution in [3.8, 4) is 5.75 Å². The van der Waals surface area contributed by atoms with Crippen LogP contribution < -0.4 is 20.7 Å². The summed E-state index contributed by atoms with van der Waals surface area (Å²) in [5, 5.41) is 5.86. The average Bonchev–Trinajstić information content (AvgIpc) is 2.79. The van der Waals surface area contributed by atoms with E-state index in [1.807, 2.05) is 19.2 Å². The van der Waals surface area contributed by atoms with Gasteiger partial charge in [0.1, 0.15) is 28.6 Å². The number of anilines is 4. The van der Waals surface area contributed by atoms with Crippen molar-refractivity contribution in [1.82, 2.24) is 14.9 Å². The number of fused-ring (bicyclic) bond motifs is 1. The minimum absolute atomic E-state index is 0.0285. The molecule has 0 amide bonds. The second kappa shape index (κ2) is 10.2. The lowest BCUT2D eigenvalue weighted by molar-refractivity contribution is 0.312. The van der Waals surface area contributed by atoms with Gasteiger partial charge in [-0.15, -0.1) is 3.89 Å². The second-order valence-corrected chi connectivity index (χ2v) is 13.9. The van der Waals surface area contributed by atoms with Crippen LogP contribution in [0.25, 0.3) is 0 Å². The third kappa shape index (κ3) is 6.04. The summed E-state index contributed by atoms with van der Waals surface area (Å²) in [5.74, 6) is -0.590. The molecule has 1 aliphatic rings. The van der Waals surface area contributed by atoms with Crippen LogP contribution in [0.2, 0.25) is 5.02 Å². The maximum Gasteiger partial charge on any atom is 0.335 e. The van der Waals surface area contributed by atoms with E-state index >= 15 is 0 Å². The Bertz CT molecular complexity index is 1530. The summed E-state index contributed by atoms with van der Waals surface area (Å²) in [4.78, 5) is 9.56. The standard InChI is InChI=1S/C23H25ClF2N5O4PS/c1-31-6-5-13-8-19(35-2)17(7-14(13)12-31)29-23-27-11-15(24)22(30-23)28-18-9-16(25)21(37(26,33)34)10-20(18)36(3,4)32/h7-11H,5-6,12H2,1-4H3,(H2,27,28,29,30). The maximum absolute atomic E-state index is 14.5. The molecule has 0 atom stereocenters. The van der Waals surface area contributed by atoms with E-state index in [-0.39, 0.29) is 27.8 Å². The molecule has 0 fully saturated rings. The summed E-state index contributed by atoms with van der Waals surface area (Å²) in [7, 11) is -4.98. The molecule has 0 bridgehead atoms. The summed E-state index contributed by atoms with van der Waals surface area (Å²) < 4.78 is 69.2. The SMILES string of the molecule is COc1cc2c(cc1Nc1ncc(Cl)c(Nc3cc(F)c(S(=O)(=O)F)cc3P(C)(C)=O)n1)CN(C)CC2. The van der Waals surface area contributed by atoms with Crippen molar-refractivity contribution in [2.75, 3.05) is 44.7 Å². The third-order valence-corrected chi connectivity index (χ3v) is 8.51. The highest BCUT2D eigenvalue weighted by Crippen LogP contribution is 2.41. The summed E-state index contributed by atoms with van der Waals surface area (Å²) in [6, 6.07) is 5.39. The van der Waals surface area contributed by atoms with Gasteiger partial charge >= 0.3 is 10.2 Å². The smallest absolute Gasteiger partial charge is 0.335 e. The molecule has 1 aromatic heterocycles. The molecule has 0 aliphatic carbocycles. The number of hydrogen-bond acceptors (Lipinski definition) is 9. The molecule has 198 valence electrons. The lowest BCUT2D eigenvalue weighted by atomic mass is 9.99. The Morgan fingerprint density at radius 1 is 1.14 bits per heavy atom. The van der Waals surface area contributed by atoms with Crippen LogP contribution in [0.5, 0.6) is 5.75 Å². The first kappa shape index (κ1) is 27.3. The zero-order chi connectivity index (χ0) is 27.1. The van der Waals surface area contributed by atoms with Gasteiger partial charge in [0.2, 0.25) is 5.95 Å². The molecule has 0 spiro atoms. The van der Waals surface area contributed by atoms with Crippen LogP contribution in [0.4, 0.5) is 31.4 Å². The molecule has 37 heavy (non-hydrogen) atoms. The maximum atomic E-state index is 14.5. The Balaban J connectivity index is 1.71. The number of aromatic nitrogens is 2. The van der Waals surface area contributed by atoms with Crippen molar-refractivity contribution in [2.45, 2.75) is 17.9 Å². The summed E-state index contributed by atoms with van der Waals surface area (Å²) in [6.07, 6.45) is 2.21. The molecular weight excluding hydrogens is 547 g/mol. The number of hydrogen-bond donors (Lipinski definition) is 2. The molecule has 2 aromatic carbocycles. The number of rotatable bonds is 7. The molecule has 2 heterocycles. The van der Waals surface area contributed by atoms with Crippen molar-refractivity contribution >= 4 is 57.4 Å². The van der Waals surface area contributed by atoms with Gasteiger partial charge in [-0.25, -0.2) is 9.37 Å². The first-order valence-electron chi connectivity index (χ1n) is 11.0. The fraction of sp³-hybridized carbons (Fsp3) is 0.304. The third-order valence-electron chi connectivity index (χ3n) is 5.86. The second-order valence-electron chi connectivity index (χ2n) is 9.04. The molecule has 0 radical (unpaired) electrons. The van der Waals surface area contributed by atoms with Gasteiger partial charge in [0.15, 0.2) is 5.82 Å². The van der Waals surface area contributed by atoms with E-state index in [1.165, 1.54) is 25.1 Å². The van der Waals surface area contributed by atoms with Crippen LogP contribution >= 0.6 is 18.7 Å². The van der Waals surface area contributed by atoms with Crippen molar-refractivity contribution < 1.29 is 26.0 Å². The lowest BCUT2D eigenvalue weighted by Crippen LogP contribution is -2.26. The van der Waals surface area contributed by atoms with Gasteiger partial charge in [0.25, 0.3) is 0 Å². The van der Waals surface area contributed by atoms with E-state index in [2.05, 4.69) is 25.5 Å². The van der Waals surface area contributed by atoms with Crippen LogP contribution in [0.15, 0.2) is 35.4 Å². The van der Waals surface area contributed by atoms with Crippen LogP contribution in [-0.2, 0) is 27.8 Å². The quantitative estimate of drug-likeness (QED) is 0.309. The molecule has 2 N–H and O–H groups in total. The van der Waals surface area contributed by atoms with Crippen molar-refractivity contribution in [1.29, 1.82) is 0 Å². The Morgan fingerprint density at radius 3 is 2.51 bits per heavy atom. The topological polar surface area (TPSA) is 114 Å². The highest BCUT2D eigenvalue weighted by atomic mass is 35.5. The van der Waals surface area contributed by atoms with E-state index in [0.29, 0.717) is 11.4 Å². The molecule has 0 unspecified atom stereocenters. The Hall–Kier alpha value is -2.79. The Morgan fingerprint density at radius 2 is 1.86 bits per heavy atom. The number of halogens is 3. The van der Waals surface area contributed by atoms with Crippen molar-refractivity contribution in [2.24, 2.45) is 0 Å². The predicted octanol–water partition coefficient (Wildman–Crippen LogP) is 4.66. The average molecular weight is 572 g/mol. The summed E-state index contributed by atoms with van der Waals surface area (Å²) >= 11 is 6.26. The van der Waals surface area contributed by atoms with Gasteiger partial charge in [0.05, 0.1) is 24.7 Å². The zero-order valence-corrected chi connectivity index (χ0v) is 22.9. The minimum atomic E-state index is -5.37. The first-order valence-corrected chi connectivity index (χ1v) is 15.4. The molecular formula is C23H25ClF2N5O4PS. The number of nitrogens with one attached hydrogen (secondary N) is 2. The number of likely N-dealkylation sites (N-methyl/N-ethyl adjacent to an activating group) is 1. The lowest BCUT2D eigenvalue weighted by Gasteiger charge is -2.26. The first-order chi connectivity index (χ1) is 17.3. The normalized spacial score (nSPS) is 14.2. The number of methoxy groups -OCH3 is 1. The van der Waals surface area contributed by atoms with E-state index in [1.54, 1.807) is 7.11 Å². The van der Waals surface area contributed by atoms with Crippen molar-refractivity contribution in [3.63, 3.8) is 0 Å². The molecule has 0 saturated carbocycles. The molecule has 14 heteroatoms. The minimum Gasteiger partial charge on any atom is -0.495 e. The van der Waals surface area contributed by atoms with Crippen LogP contribution in [0.3, 0.4) is 0 Å². The fourth-order valence-electron chi connectivity index (χ4n) is 4.03. The highest BCUT2D eigenvalue weighted by Gasteiger charge is 2.26. The van der Waals surface area contributed by atoms with Crippen LogP contribution in [0, 0.1) is 5.82 Å². The molecule has 1 aliphatic heterocycles.